The fourth-order valence-electron chi connectivity index (χ4n) is 1.23. The number of ether oxygens (including phenoxy) is 1. The number of fused-ring (bicyclic) bond motifs is 1. The second-order valence-electron chi connectivity index (χ2n) is 2.65. The summed E-state index contributed by atoms with van der Waals surface area (Å²) in [5.74, 6) is 0.411. The van der Waals surface area contributed by atoms with E-state index in [9.17, 15) is 4.79 Å². The normalized spacial score (nSPS) is 14.2. The summed E-state index contributed by atoms with van der Waals surface area (Å²) < 4.78 is 5.15. The van der Waals surface area contributed by atoms with Gasteiger partial charge in [-0.2, -0.15) is 0 Å². The lowest BCUT2D eigenvalue weighted by atomic mass is 10.1. The molecule has 12 heavy (non-hydrogen) atoms. The van der Waals surface area contributed by atoms with Gasteiger partial charge in [-0.05, 0) is 17.2 Å². The molecule has 1 aromatic rings. The lowest BCUT2D eigenvalue weighted by molar-refractivity contribution is -0.107. The maximum absolute atomic E-state index is 10.4. The first-order valence-electron chi connectivity index (χ1n) is 3.78. The van der Waals surface area contributed by atoms with Crippen LogP contribution in [0.15, 0.2) is 30.0 Å². The van der Waals surface area contributed by atoms with Crippen LogP contribution in [0.4, 0.5) is 0 Å². The number of hydrogen-bond donors (Lipinski definition) is 0. The molecule has 0 N–H and O–H groups in total. The van der Waals surface area contributed by atoms with Gasteiger partial charge in [0.25, 0.3) is 0 Å². The predicted octanol–water partition coefficient (Wildman–Crippen LogP) is 1.76. The predicted molar refractivity (Wildman–Crippen MR) is 45.3 cm³/mol. The Morgan fingerprint density at radius 2 is 2.17 bits per heavy atom. The van der Waals surface area contributed by atoms with Crippen molar-refractivity contribution >= 4 is 12.4 Å². The van der Waals surface area contributed by atoms with Crippen molar-refractivity contribution in [3.05, 3.63) is 41.2 Å². The van der Waals surface area contributed by atoms with Crippen LogP contribution in [0.3, 0.4) is 0 Å². The van der Waals surface area contributed by atoms with E-state index in [1.54, 1.807) is 6.08 Å². The van der Waals surface area contributed by atoms with Gasteiger partial charge >= 0.3 is 0 Å². The van der Waals surface area contributed by atoms with Crippen molar-refractivity contribution in [1.82, 2.24) is 0 Å². The second kappa shape index (κ2) is 2.81. The molecule has 0 fully saturated rings. The fraction of sp³-hybridized carbons (Fsp3) is 0.100. The Labute approximate surface area is 70.5 Å². The highest BCUT2D eigenvalue weighted by Crippen LogP contribution is 2.19. The molecule has 0 saturated heterocycles. The Morgan fingerprint density at radius 3 is 3.00 bits per heavy atom. The van der Waals surface area contributed by atoms with E-state index in [0.29, 0.717) is 12.4 Å². The molecule has 1 aliphatic rings. The molecule has 0 atom stereocenters. The summed E-state index contributed by atoms with van der Waals surface area (Å²) in [6.45, 7) is 0.501. The molecule has 0 bridgehead atoms. The molecule has 0 saturated carbocycles. The van der Waals surface area contributed by atoms with Gasteiger partial charge in [-0.3, -0.25) is 4.79 Å². The zero-order valence-electron chi connectivity index (χ0n) is 6.49. The molecule has 60 valence electrons. The monoisotopic (exact) mass is 160 g/mol. The molecule has 1 heterocycles. The molecule has 0 amide bonds. The van der Waals surface area contributed by atoms with Crippen molar-refractivity contribution in [1.29, 1.82) is 0 Å². The number of aldehydes is 1. The van der Waals surface area contributed by atoms with Crippen LogP contribution in [0.5, 0.6) is 0 Å². The van der Waals surface area contributed by atoms with Gasteiger partial charge in [-0.25, -0.2) is 0 Å². The summed E-state index contributed by atoms with van der Waals surface area (Å²) in [5.41, 5.74) is 2.20. The quantitative estimate of drug-likeness (QED) is 0.585. The Kier molecular flexibility index (Phi) is 1.67. The Bertz CT molecular complexity index is 339. The average Bonchev–Trinajstić information content (AvgIpc) is 2.17. The summed E-state index contributed by atoms with van der Waals surface area (Å²) >= 11 is 0. The zero-order chi connectivity index (χ0) is 8.39. The third kappa shape index (κ3) is 1.11. The van der Waals surface area contributed by atoms with Crippen LogP contribution in [0.1, 0.15) is 11.1 Å². The number of carbonyl (C=O) groups excluding carboxylic acids is 1. The average molecular weight is 160 g/mol. The van der Waals surface area contributed by atoms with E-state index in [1.165, 1.54) is 0 Å². The smallest absolute Gasteiger partial charge is 0.184 e. The van der Waals surface area contributed by atoms with E-state index in [-0.39, 0.29) is 0 Å². The maximum atomic E-state index is 10.4. The van der Waals surface area contributed by atoms with E-state index in [2.05, 4.69) is 0 Å². The van der Waals surface area contributed by atoms with Crippen molar-refractivity contribution in [2.75, 3.05) is 0 Å². The van der Waals surface area contributed by atoms with Crippen LogP contribution < -0.4 is 0 Å². The van der Waals surface area contributed by atoms with Crippen molar-refractivity contribution in [2.24, 2.45) is 0 Å². The lowest BCUT2D eigenvalue weighted by Gasteiger charge is -2.13. The molecular formula is C10H8O2. The Hall–Kier alpha value is -1.57. The van der Waals surface area contributed by atoms with E-state index in [1.807, 2.05) is 24.3 Å². The Morgan fingerprint density at radius 1 is 1.33 bits per heavy atom. The van der Waals surface area contributed by atoms with Gasteiger partial charge in [0.15, 0.2) is 12.0 Å². The molecule has 0 unspecified atom stereocenters. The highest BCUT2D eigenvalue weighted by atomic mass is 16.5. The van der Waals surface area contributed by atoms with Gasteiger partial charge in [-0.1, -0.05) is 24.3 Å². The first kappa shape index (κ1) is 7.10. The largest absolute Gasteiger partial charge is 0.485 e. The third-order valence-electron chi connectivity index (χ3n) is 1.86. The molecule has 2 rings (SSSR count). The molecule has 2 nitrogen and oxygen atoms in total. The molecule has 0 aliphatic carbocycles. The number of carbonyl (C=O) groups is 1. The highest BCUT2D eigenvalue weighted by molar-refractivity contribution is 5.80. The van der Waals surface area contributed by atoms with Gasteiger partial charge in [-0.15, -0.1) is 0 Å². The van der Waals surface area contributed by atoms with Gasteiger partial charge in [0.1, 0.15) is 6.61 Å². The van der Waals surface area contributed by atoms with E-state index < -0.39 is 0 Å². The van der Waals surface area contributed by atoms with Crippen molar-refractivity contribution in [3.63, 3.8) is 0 Å². The van der Waals surface area contributed by atoms with E-state index >= 15 is 0 Å². The van der Waals surface area contributed by atoms with Crippen LogP contribution in [0.2, 0.25) is 0 Å². The molecule has 1 aromatic carbocycles. The minimum Gasteiger partial charge on any atom is -0.485 e. The number of hydrogen-bond acceptors (Lipinski definition) is 2. The number of rotatable bonds is 1. The summed E-state index contributed by atoms with van der Waals surface area (Å²) in [7, 11) is 0. The van der Waals surface area contributed by atoms with E-state index in [4.69, 9.17) is 4.74 Å². The van der Waals surface area contributed by atoms with E-state index in [0.717, 1.165) is 17.4 Å². The molecule has 0 spiro atoms. The molecule has 0 aromatic heterocycles. The fourth-order valence-corrected chi connectivity index (χ4v) is 1.23. The minimum atomic E-state index is 0.411. The SMILES string of the molecule is O=CC1=Cc2ccccc2CO1. The zero-order valence-corrected chi connectivity index (χ0v) is 6.49. The van der Waals surface area contributed by atoms with Gasteiger partial charge in [0.2, 0.25) is 0 Å². The molecule has 1 aliphatic heterocycles. The Balaban J connectivity index is 2.47. The van der Waals surface area contributed by atoms with Crippen LogP contribution in [0.25, 0.3) is 6.08 Å². The number of allylic oxidation sites excluding steroid dienone is 1. The summed E-state index contributed by atoms with van der Waals surface area (Å²) in [4.78, 5) is 10.4. The first-order chi connectivity index (χ1) is 5.90. The maximum Gasteiger partial charge on any atom is 0.184 e. The van der Waals surface area contributed by atoms with Crippen molar-refractivity contribution < 1.29 is 9.53 Å². The molecular weight excluding hydrogens is 152 g/mol. The third-order valence-corrected chi connectivity index (χ3v) is 1.86. The van der Waals surface area contributed by atoms with Crippen LogP contribution in [-0.4, -0.2) is 6.29 Å². The lowest BCUT2D eigenvalue weighted by Crippen LogP contribution is -2.02. The van der Waals surface area contributed by atoms with Crippen molar-refractivity contribution in [2.45, 2.75) is 6.61 Å². The van der Waals surface area contributed by atoms with Gasteiger partial charge < -0.3 is 4.74 Å². The summed E-state index contributed by atoms with van der Waals surface area (Å²) in [6, 6.07) is 7.87. The molecule has 0 radical (unpaired) electrons. The summed E-state index contributed by atoms with van der Waals surface area (Å²) in [5, 5.41) is 0. The van der Waals surface area contributed by atoms with Crippen LogP contribution in [-0.2, 0) is 16.1 Å². The summed E-state index contributed by atoms with van der Waals surface area (Å²) in [6.07, 6.45) is 2.49. The highest BCUT2D eigenvalue weighted by Gasteiger charge is 2.08. The topological polar surface area (TPSA) is 26.3 Å². The first-order valence-corrected chi connectivity index (χ1v) is 3.78. The van der Waals surface area contributed by atoms with Crippen LogP contribution >= 0.6 is 0 Å². The second-order valence-corrected chi connectivity index (χ2v) is 2.65. The van der Waals surface area contributed by atoms with Crippen LogP contribution in [0, 0.1) is 0 Å². The van der Waals surface area contributed by atoms with Gasteiger partial charge in [0.05, 0.1) is 0 Å². The van der Waals surface area contributed by atoms with Crippen molar-refractivity contribution in [3.8, 4) is 0 Å². The molecule has 2 heteroatoms. The minimum absolute atomic E-state index is 0.411. The number of benzene rings is 1. The van der Waals surface area contributed by atoms with Gasteiger partial charge in [0, 0.05) is 0 Å². The standard InChI is InChI=1S/C10H8O2/c11-6-10-5-8-3-1-2-4-9(8)7-12-10/h1-6H,7H2.